The van der Waals surface area contributed by atoms with Crippen molar-refractivity contribution in [2.24, 2.45) is 5.92 Å². The fourth-order valence-electron chi connectivity index (χ4n) is 4.75. The minimum absolute atomic E-state index is 0.149. The quantitative estimate of drug-likeness (QED) is 0.404. The third-order valence-electron chi connectivity index (χ3n) is 6.83. The van der Waals surface area contributed by atoms with Crippen LogP contribution >= 0.6 is 0 Å². The van der Waals surface area contributed by atoms with Crippen LogP contribution in [-0.2, 0) is 13.0 Å². The number of aliphatic hydroxyl groups excluding tert-OH is 1. The van der Waals surface area contributed by atoms with Crippen molar-refractivity contribution >= 4 is 11.6 Å². The highest BCUT2D eigenvalue weighted by molar-refractivity contribution is 5.71. The molecule has 2 aliphatic carbocycles. The minimum atomic E-state index is -3.25. The molecule has 8 nitrogen and oxygen atoms in total. The summed E-state index contributed by atoms with van der Waals surface area (Å²) in [6, 6.07) is 7.83. The lowest BCUT2D eigenvalue weighted by Crippen LogP contribution is -2.23. The van der Waals surface area contributed by atoms with Crippen LogP contribution < -0.4 is 5.32 Å². The number of halogens is 3. The fourth-order valence-corrected chi connectivity index (χ4v) is 4.75. The molecule has 3 aromatic heterocycles. The van der Waals surface area contributed by atoms with E-state index in [1.807, 2.05) is 11.6 Å². The van der Waals surface area contributed by atoms with Crippen molar-refractivity contribution in [2.75, 3.05) is 5.32 Å². The van der Waals surface area contributed by atoms with E-state index in [0.717, 1.165) is 42.0 Å². The van der Waals surface area contributed by atoms with Crippen LogP contribution in [0.25, 0.3) is 17.1 Å². The Hall–Kier alpha value is -3.73. The van der Waals surface area contributed by atoms with Gasteiger partial charge in [0.1, 0.15) is 29.9 Å². The number of hydrogen-bond donors (Lipinski definition) is 2. The van der Waals surface area contributed by atoms with Gasteiger partial charge in [0.15, 0.2) is 5.82 Å². The molecule has 0 bridgehead atoms. The summed E-state index contributed by atoms with van der Waals surface area (Å²) in [5.41, 5.74) is 3.14. The highest BCUT2D eigenvalue weighted by atomic mass is 19.3. The molecule has 1 saturated carbocycles. The Kier molecular flexibility index (Phi) is 5.15. The molecule has 0 saturated heterocycles. The molecule has 4 aromatic rings. The van der Waals surface area contributed by atoms with E-state index in [1.165, 1.54) is 23.1 Å². The summed E-state index contributed by atoms with van der Waals surface area (Å²) in [6.45, 7) is 4.27. The molecule has 6 rings (SSSR count). The summed E-state index contributed by atoms with van der Waals surface area (Å²) in [4.78, 5) is 8.57. The highest BCUT2D eigenvalue weighted by Crippen LogP contribution is 2.45. The Morgan fingerprint density at radius 1 is 1.11 bits per heavy atom. The van der Waals surface area contributed by atoms with Crippen LogP contribution in [0.3, 0.4) is 0 Å². The zero-order valence-electron chi connectivity index (χ0n) is 19.7. The Morgan fingerprint density at radius 2 is 1.86 bits per heavy atom. The molecule has 11 heteroatoms. The molecule has 2 N–H and O–H groups in total. The zero-order valence-corrected chi connectivity index (χ0v) is 19.7. The largest absolute Gasteiger partial charge is 0.382 e. The number of anilines is 2. The van der Waals surface area contributed by atoms with E-state index >= 15 is 0 Å². The number of nitrogens with zero attached hydrogens (tertiary/aromatic N) is 6. The third kappa shape index (κ3) is 3.83. The minimum Gasteiger partial charge on any atom is -0.382 e. The molecular weight excluding hydrogens is 471 g/mol. The van der Waals surface area contributed by atoms with Gasteiger partial charge in [-0.2, -0.15) is 10.2 Å². The first-order valence-electron chi connectivity index (χ1n) is 11.8. The SMILES string of the molecule is Cc1nn(-c2cc(Nc3c(C)c(-c4ccc(F)cc4)nn3CC3CC3)ncn2)c2c1C(O)C(F)(F)C2. The molecule has 1 aromatic carbocycles. The number of alkyl halides is 2. The zero-order chi connectivity index (χ0) is 25.2. The van der Waals surface area contributed by atoms with Gasteiger partial charge in [-0.3, -0.25) is 0 Å². The average Bonchev–Trinajstić information content (AvgIpc) is 3.48. The average molecular weight is 496 g/mol. The van der Waals surface area contributed by atoms with Gasteiger partial charge in [-0.1, -0.05) is 0 Å². The maximum Gasteiger partial charge on any atom is 0.283 e. The number of rotatable bonds is 6. The van der Waals surface area contributed by atoms with E-state index in [0.29, 0.717) is 23.2 Å². The highest BCUT2D eigenvalue weighted by Gasteiger charge is 2.50. The van der Waals surface area contributed by atoms with Crippen LogP contribution in [0.15, 0.2) is 36.7 Å². The number of benzene rings is 1. The van der Waals surface area contributed by atoms with Gasteiger partial charge in [0.05, 0.1) is 23.5 Å². The van der Waals surface area contributed by atoms with Crippen molar-refractivity contribution in [3.05, 3.63) is 65.0 Å². The van der Waals surface area contributed by atoms with Gasteiger partial charge < -0.3 is 10.4 Å². The number of hydrogen-bond acceptors (Lipinski definition) is 6. The van der Waals surface area contributed by atoms with Gasteiger partial charge in [0.2, 0.25) is 0 Å². The van der Waals surface area contributed by atoms with E-state index in [1.54, 1.807) is 25.1 Å². The predicted octanol–water partition coefficient (Wildman–Crippen LogP) is 4.66. The van der Waals surface area contributed by atoms with Gasteiger partial charge >= 0.3 is 0 Å². The lowest BCUT2D eigenvalue weighted by molar-refractivity contribution is -0.0977. The first-order chi connectivity index (χ1) is 17.2. The summed E-state index contributed by atoms with van der Waals surface area (Å²) >= 11 is 0. The number of aryl methyl sites for hydroxylation is 1. The Balaban J connectivity index is 1.36. The van der Waals surface area contributed by atoms with Crippen molar-refractivity contribution < 1.29 is 18.3 Å². The molecule has 36 heavy (non-hydrogen) atoms. The fraction of sp³-hybridized carbons (Fsp3) is 0.360. The Morgan fingerprint density at radius 3 is 2.58 bits per heavy atom. The van der Waals surface area contributed by atoms with Crippen molar-refractivity contribution in [2.45, 2.75) is 51.7 Å². The van der Waals surface area contributed by atoms with E-state index < -0.39 is 18.4 Å². The van der Waals surface area contributed by atoms with Gasteiger partial charge in [0, 0.05) is 29.3 Å². The van der Waals surface area contributed by atoms with Crippen LogP contribution in [0, 0.1) is 25.6 Å². The summed E-state index contributed by atoms with van der Waals surface area (Å²) in [5.74, 6) is -1.52. The van der Waals surface area contributed by atoms with E-state index in [9.17, 15) is 18.3 Å². The lowest BCUT2D eigenvalue weighted by Gasteiger charge is -2.14. The van der Waals surface area contributed by atoms with Gasteiger partial charge in [0.25, 0.3) is 5.92 Å². The lowest BCUT2D eigenvalue weighted by atomic mass is 10.1. The van der Waals surface area contributed by atoms with Gasteiger partial charge in [-0.15, -0.1) is 0 Å². The molecule has 0 amide bonds. The molecule has 0 spiro atoms. The van der Waals surface area contributed by atoms with Crippen molar-refractivity contribution in [1.82, 2.24) is 29.5 Å². The van der Waals surface area contributed by atoms with E-state index in [4.69, 9.17) is 5.10 Å². The maximum atomic E-state index is 14.2. The van der Waals surface area contributed by atoms with E-state index in [2.05, 4.69) is 20.4 Å². The predicted molar refractivity (Wildman–Crippen MR) is 126 cm³/mol. The standard InChI is InChI=1S/C25H24F3N7O/c1-13-22(16-5-7-17(26)8-6-16)33-34(11-15-3-4-15)24(13)31-19-9-20(30-12-29-19)35-18-10-25(27,28)23(36)21(18)14(2)32-35/h5-9,12,15,23,36H,3-4,10-11H2,1-2H3,(H,29,30,31). The molecule has 3 heterocycles. The summed E-state index contributed by atoms with van der Waals surface area (Å²) in [6.07, 6.45) is 1.11. The molecule has 2 aliphatic rings. The molecule has 1 unspecified atom stereocenters. The first-order valence-corrected chi connectivity index (χ1v) is 11.8. The number of fused-ring (bicyclic) bond motifs is 1. The summed E-state index contributed by atoms with van der Waals surface area (Å²) < 4.78 is 45.1. The molecule has 0 aliphatic heterocycles. The van der Waals surface area contributed by atoms with E-state index in [-0.39, 0.29) is 17.1 Å². The first kappa shape index (κ1) is 22.7. The van der Waals surface area contributed by atoms with Crippen LogP contribution in [-0.4, -0.2) is 40.6 Å². The van der Waals surface area contributed by atoms with Gasteiger partial charge in [-0.25, -0.2) is 32.5 Å². The summed E-state index contributed by atoms with van der Waals surface area (Å²) in [5, 5.41) is 22.6. The van der Waals surface area contributed by atoms with Crippen molar-refractivity contribution in [1.29, 1.82) is 0 Å². The Labute approximate surface area is 204 Å². The normalized spacial score (nSPS) is 18.4. The second-order valence-electron chi connectivity index (χ2n) is 9.54. The second-order valence-corrected chi connectivity index (χ2v) is 9.54. The molecule has 1 atom stereocenters. The van der Waals surface area contributed by atoms with Crippen LogP contribution in [0.5, 0.6) is 0 Å². The number of aromatic nitrogens is 6. The topological polar surface area (TPSA) is 93.7 Å². The van der Waals surface area contributed by atoms with Crippen LogP contribution in [0.1, 0.15) is 41.5 Å². The van der Waals surface area contributed by atoms with Crippen molar-refractivity contribution in [3.63, 3.8) is 0 Å². The summed E-state index contributed by atoms with van der Waals surface area (Å²) in [7, 11) is 0. The Bertz CT molecular complexity index is 1460. The number of aliphatic hydroxyl groups is 1. The molecule has 1 fully saturated rings. The van der Waals surface area contributed by atoms with Gasteiger partial charge in [-0.05, 0) is 56.9 Å². The van der Waals surface area contributed by atoms with Crippen LogP contribution in [0.2, 0.25) is 0 Å². The second kappa shape index (κ2) is 8.16. The third-order valence-corrected chi connectivity index (χ3v) is 6.83. The smallest absolute Gasteiger partial charge is 0.283 e. The molecule has 0 radical (unpaired) electrons. The van der Waals surface area contributed by atoms with Crippen molar-refractivity contribution in [3.8, 4) is 17.1 Å². The molecular formula is C25H24F3N7O. The maximum absolute atomic E-state index is 14.2. The monoisotopic (exact) mass is 495 g/mol. The number of nitrogens with one attached hydrogen (secondary N) is 1. The van der Waals surface area contributed by atoms with Crippen LogP contribution in [0.4, 0.5) is 24.8 Å². The molecule has 186 valence electrons.